The average Bonchev–Trinajstić information content (AvgIpc) is 2.26. The van der Waals surface area contributed by atoms with Crippen molar-refractivity contribution in [2.24, 2.45) is 11.7 Å². The highest BCUT2D eigenvalue weighted by Gasteiger charge is 2.13. The number of aldehydes is 1. The quantitative estimate of drug-likeness (QED) is 0.748. The van der Waals surface area contributed by atoms with Crippen molar-refractivity contribution < 1.29 is 9.53 Å². The van der Waals surface area contributed by atoms with E-state index in [1.807, 2.05) is 38.1 Å². The molecule has 0 aromatic heterocycles. The number of carbonyl (C=O) groups excluding carboxylic acids is 1. The molecule has 0 bridgehead atoms. The zero-order chi connectivity index (χ0) is 11.3. The van der Waals surface area contributed by atoms with Gasteiger partial charge < -0.3 is 10.5 Å². The Morgan fingerprint density at radius 1 is 1.33 bits per heavy atom. The average molecular weight is 207 g/mol. The molecule has 0 amide bonds. The van der Waals surface area contributed by atoms with Crippen molar-refractivity contribution in [3.63, 3.8) is 0 Å². The van der Waals surface area contributed by atoms with E-state index >= 15 is 0 Å². The van der Waals surface area contributed by atoms with Gasteiger partial charge in [0, 0.05) is 6.54 Å². The van der Waals surface area contributed by atoms with Gasteiger partial charge in [-0.05, 0) is 23.6 Å². The number of rotatable bonds is 5. The first-order chi connectivity index (χ1) is 7.17. The molecule has 0 aliphatic carbocycles. The monoisotopic (exact) mass is 207 g/mol. The number of ether oxygens (including phenoxy) is 1. The van der Waals surface area contributed by atoms with Crippen LogP contribution < -0.4 is 10.5 Å². The highest BCUT2D eigenvalue weighted by atomic mass is 16.5. The standard InChI is InChI=1S/C12H17NO2/c1-9(2)12(8-14)15-11-5-3-10(7-13)4-6-11/h3-6,8-9,12H,7,13H2,1-2H3/t12-/m0/s1. The summed E-state index contributed by atoms with van der Waals surface area (Å²) in [4.78, 5) is 10.7. The maximum Gasteiger partial charge on any atom is 0.160 e. The zero-order valence-electron chi connectivity index (χ0n) is 9.14. The summed E-state index contributed by atoms with van der Waals surface area (Å²) in [6.45, 7) is 4.42. The van der Waals surface area contributed by atoms with Crippen molar-refractivity contribution in [3.8, 4) is 5.75 Å². The summed E-state index contributed by atoms with van der Waals surface area (Å²) >= 11 is 0. The van der Waals surface area contributed by atoms with Crippen LogP contribution in [0.3, 0.4) is 0 Å². The van der Waals surface area contributed by atoms with Gasteiger partial charge in [0.15, 0.2) is 12.4 Å². The topological polar surface area (TPSA) is 52.3 Å². The highest BCUT2D eigenvalue weighted by Crippen LogP contribution is 2.15. The van der Waals surface area contributed by atoms with Gasteiger partial charge in [-0.25, -0.2) is 0 Å². The minimum absolute atomic E-state index is 0.177. The van der Waals surface area contributed by atoms with Crippen LogP contribution in [0.5, 0.6) is 5.75 Å². The second kappa shape index (κ2) is 5.51. The minimum atomic E-state index is -0.381. The summed E-state index contributed by atoms with van der Waals surface area (Å²) in [6, 6.07) is 7.47. The molecule has 0 aliphatic rings. The molecule has 0 unspecified atom stereocenters. The van der Waals surface area contributed by atoms with Gasteiger partial charge in [-0.1, -0.05) is 26.0 Å². The van der Waals surface area contributed by atoms with Gasteiger partial charge in [0.2, 0.25) is 0 Å². The normalized spacial score (nSPS) is 12.5. The van der Waals surface area contributed by atoms with Crippen molar-refractivity contribution in [2.75, 3.05) is 0 Å². The molecule has 15 heavy (non-hydrogen) atoms. The molecular formula is C12H17NO2. The molecule has 1 aromatic carbocycles. The molecule has 0 saturated carbocycles. The minimum Gasteiger partial charge on any atom is -0.483 e. The molecule has 0 spiro atoms. The van der Waals surface area contributed by atoms with Gasteiger partial charge >= 0.3 is 0 Å². The van der Waals surface area contributed by atoms with Crippen LogP contribution in [-0.4, -0.2) is 12.4 Å². The van der Waals surface area contributed by atoms with Gasteiger partial charge in [0.1, 0.15) is 5.75 Å². The number of carbonyl (C=O) groups is 1. The third kappa shape index (κ3) is 3.36. The van der Waals surface area contributed by atoms with Gasteiger partial charge in [-0.3, -0.25) is 4.79 Å². The lowest BCUT2D eigenvalue weighted by Gasteiger charge is -2.16. The van der Waals surface area contributed by atoms with Crippen molar-refractivity contribution in [1.82, 2.24) is 0 Å². The summed E-state index contributed by atoms with van der Waals surface area (Å²) in [5, 5.41) is 0. The summed E-state index contributed by atoms with van der Waals surface area (Å²) < 4.78 is 5.52. The Balaban J connectivity index is 2.67. The Labute approximate surface area is 90.2 Å². The van der Waals surface area contributed by atoms with E-state index in [-0.39, 0.29) is 12.0 Å². The van der Waals surface area contributed by atoms with Gasteiger partial charge in [0.05, 0.1) is 0 Å². The van der Waals surface area contributed by atoms with Gasteiger partial charge in [-0.15, -0.1) is 0 Å². The van der Waals surface area contributed by atoms with Crippen LogP contribution in [0.15, 0.2) is 24.3 Å². The molecule has 0 saturated heterocycles. The molecule has 3 heteroatoms. The maximum absolute atomic E-state index is 10.7. The molecule has 1 aromatic rings. The van der Waals surface area contributed by atoms with Crippen LogP contribution in [-0.2, 0) is 11.3 Å². The van der Waals surface area contributed by atoms with Crippen LogP contribution in [0.2, 0.25) is 0 Å². The fourth-order valence-corrected chi connectivity index (χ4v) is 1.18. The van der Waals surface area contributed by atoms with E-state index in [2.05, 4.69) is 0 Å². The summed E-state index contributed by atoms with van der Waals surface area (Å²) in [6.07, 6.45) is 0.454. The van der Waals surface area contributed by atoms with Crippen molar-refractivity contribution >= 4 is 6.29 Å². The second-order valence-electron chi connectivity index (χ2n) is 3.81. The van der Waals surface area contributed by atoms with Gasteiger partial charge in [-0.2, -0.15) is 0 Å². The third-order valence-electron chi connectivity index (χ3n) is 2.22. The SMILES string of the molecule is CC(C)[C@H](C=O)Oc1ccc(CN)cc1. The fraction of sp³-hybridized carbons (Fsp3) is 0.417. The van der Waals surface area contributed by atoms with Crippen LogP contribution in [0.1, 0.15) is 19.4 Å². The molecule has 82 valence electrons. The molecule has 1 atom stereocenters. The Kier molecular flexibility index (Phi) is 4.31. The summed E-state index contributed by atoms with van der Waals surface area (Å²) in [5.74, 6) is 0.884. The number of nitrogens with two attached hydrogens (primary N) is 1. The first-order valence-electron chi connectivity index (χ1n) is 5.08. The Hall–Kier alpha value is -1.35. The number of hydrogen-bond donors (Lipinski definition) is 1. The molecule has 1 rings (SSSR count). The molecular weight excluding hydrogens is 190 g/mol. The van der Waals surface area contributed by atoms with E-state index in [9.17, 15) is 4.79 Å². The van der Waals surface area contributed by atoms with Crippen LogP contribution in [0.25, 0.3) is 0 Å². The summed E-state index contributed by atoms with van der Waals surface area (Å²) in [5.41, 5.74) is 6.53. The number of hydrogen-bond acceptors (Lipinski definition) is 3. The smallest absolute Gasteiger partial charge is 0.160 e. The Morgan fingerprint density at radius 2 is 1.93 bits per heavy atom. The first kappa shape index (κ1) is 11.7. The van der Waals surface area contributed by atoms with Gasteiger partial charge in [0.25, 0.3) is 0 Å². The molecule has 3 nitrogen and oxygen atoms in total. The number of benzene rings is 1. The zero-order valence-corrected chi connectivity index (χ0v) is 9.14. The molecule has 0 radical (unpaired) electrons. The molecule has 0 aliphatic heterocycles. The Bertz CT molecular complexity index is 306. The van der Waals surface area contributed by atoms with E-state index in [0.717, 1.165) is 11.8 Å². The Morgan fingerprint density at radius 3 is 2.33 bits per heavy atom. The maximum atomic E-state index is 10.7. The van der Waals surface area contributed by atoms with Crippen molar-refractivity contribution in [3.05, 3.63) is 29.8 Å². The first-order valence-corrected chi connectivity index (χ1v) is 5.08. The van der Waals surface area contributed by atoms with Crippen molar-refractivity contribution in [1.29, 1.82) is 0 Å². The molecule has 0 fully saturated rings. The lowest BCUT2D eigenvalue weighted by atomic mass is 10.1. The molecule has 2 N–H and O–H groups in total. The second-order valence-corrected chi connectivity index (χ2v) is 3.81. The van der Waals surface area contributed by atoms with E-state index in [1.54, 1.807) is 0 Å². The lowest BCUT2D eigenvalue weighted by molar-refractivity contribution is -0.115. The fourth-order valence-electron chi connectivity index (χ4n) is 1.18. The lowest BCUT2D eigenvalue weighted by Crippen LogP contribution is -2.24. The van der Waals surface area contributed by atoms with E-state index in [0.29, 0.717) is 12.3 Å². The van der Waals surface area contributed by atoms with Crippen LogP contribution >= 0.6 is 0 Å². The largest absolute Gasteiger partial charge is 0.483 e. The van der Waals surface area contributed by atoms with Crippen molar-refractivity contribution in [2.45, 2.75) is 26.5 Å². The highest BCUT2D eigenvalue weighted by molar-refractivity contribution is 5.57. The predicted molar refractivity (Wildman–Crippen MR) is 59.7 cm³/mol. The van der Waals surface area contributed by atoms with Crippen LogP contribution in [0.4, 0.5) is 0 Å². The van der Waals surface area contributed by atoms with E-state index in [1.165, 1.54) is 0 Å². The third-order valence-corrected chi connectivity index (χ3v) is 2.22. The van der Waals surface area contributed by atoms with Crippen LogP contribution in [0, 0.1) is 5.92 Å². The summed E-state index contributed by atoms with van der Waals surface area (Å²) in [7, 11) is 0. The molecule has 0 heterocycles. The van der Waals surface area contributed by atoms with E-state index < -0.39 is 0 Å². The predicted octanol–water partition coefficient (Wildman–Crippen LogP) is 1.75. The van der Waals surface area contributed by atoms with E-state index in [4.69, 9.17) is 10.5 Å².